The minimum atomic E-state index is -3.96. The van der Waals surface area contributed by atoms with Crippen molar-refractivity contribution in [2.75, 3.05) is 36.9 Å². The van der Waals surface area contributed by atoms with E-state index in [0.717, 1.165) is 17.1 Å². The molecule has 1 atom stereocenters. The molecule has 4 rings (SSSR count). The number of hydrogen-bond donors (Lipinski definition) is 2. The number of ether oxygens (including phenoxy) is 1. The van der Waals surface area contributed by atoms with Gasteiger partial charge in [-0.1, -0.05) is 13.0 Å². The van der Waals surface area contributed by atoms with Crippen LogP contribution in [-0.4, -0.2) is 66.9 Å². The van der Waals surface area contributed by atoms with E-state index in [9.17, 15) is 13.2 Å². The van der Waals surface area contributed by atoms with Crippen LogP contribution in [0.5, 0.6) is 0 Å². The predicted molar refractivity (Wildman–Crippen MR) is 122 cm³/mol. The Bertz CT molecular complexity index is 1290. The number of halogens is 1. The normalized spacial score (nSPS) is 16.5. The highest BCUT2D eigenvalue weighted by Crippen LogP contribution is 2.32. The molecule has 176 valence electrons. The number of ketones is 1. The van der Waals surface area contributed by atoms with E-state index < -0.39 is 21.8 Å². The van der Waals surface area contributed by atoms with Crippen LogP contribution in [0.3, 0.4) is 0 Å². The minimum Gasteiger partial charge on any atom is -0.358 e. The summed E-state index contributed by atoms with van der Waals surface area (Å²) in [5.41, 5.74) is 0.0174. The molecule has 1 aliphatic heterocycles. The summed E-state index contributed by atoms with van der Waals surface area (Å²) in [6.07, 6.45) is 4.39. The van der Waals surface area contributed by atoms with Gasteiger partial charge in [0.2, 0.25) is 0 Å². The maximum Gasteiger partial charge on any atom is 0.301 e. The molecular weight excluding hydrogens is 451 g/mol. The summed E-state index contributed by atoms with van der Waals surface area (Å²) in [4.78, 5) is 26.7. The second kappa shape index (κ2) is 9.04. The average molecular weight is 477 g/mol. The third-order valence-electron chi connectivity index (χ3n) is 5.70. The quantitative estimate of drug-likeness (QED) is 0.479. The highest BCUT2D eigenvalue weighted by atomic mass is 32.2. The van der Waals surface area contributed by atoms with Crippen molar-refractivity contribution in [2.24, 2.45) is 0 Å². The molecule has 1 saturated heterocycles. The van der Waals surface area contributed by atoms with Crippen molar-refractivity contribution in [3.63, 3.8) is 0 Å². The molecule has 3 aromatic rings. The number of nitrogens with one attached hydrogen (secondary N) is 2. The zero-order valence-electron chi connectivity index (χ0n) is 18.5. The van der Waals surface area contributed by atoms with Crippen LogP contribution >= 0.6 is 0 Å². The molecule has 12 heteroatoms. The van der Waals surface area contributed by atoms with Gasteiger partial charge in [-0.15, -0.1) is 0 Å². The Morgan fingerprint density at radius 3 is 2.79 bits per heavy atom. The number of anilines is 2. The first kappa shape index (κ1) is 23.1. The van der Waals surface area contributed by atoms with Crippen molar-refractivity contribution in [1.29, 1.82) is 0 Å². The molecule has 33 heavy (non-hydrogen) atoms. The van der Waals surface area contributed by atoms with Gasteiger partial charge in [-0.3, -0.25) is 9.52 Å². The van der Waals surface area contributed by atoms with Gasteiger partial charge in [0.15, 0.2) is 11.6 Å². The van der Waals surface area contributed by atoms with Crippen LogP contribution in [0.4, 0.5) is 15.9 Å². The van der Waals surface area contributed by atoms with Crippen molar-refractivity contribution in [3.8, 4) is 0 Å². The molecule has 0 aliphatic carbocycles. The molecule has 0 spiro atoms. The van der Waals surface area contributed by atoms with Gasteiger partial charge in [-0.25, -0.2) is 14.4 Å². The lowest BCUT2D eigenvalue weighted by molar-refractivity contribution is 0.103. The second-order valence-electron chi connectivity index (χ2n) is 7.72. The molecule has 0 bridgehead atoms. The van der Waals surface area contributed by atoms with E-state index in [1.807, 2.05) is 11.9 Å². The molecule has 0 amide bonds. The van der Waals surface area contributed by atoms with Gasteiger partial charge in [0, 0.05) is 33.4 Å². The summed E-state index contributed by atoms with van der Waals surface area (Å²) in [7, 11) is -0.772. The molecule has 2 aromatic heterocycles. The van der Waals surface area contributed by atoms with Gasteiger partial charge in [0.25, 0.3) is 0 Å². The number of aromatic amines is 1. The fraction of sp³-hybridized carbons (Fsp3) is 0.381. The monoisotopic (exact) mass is 476 g/mol. The smallest absolute Gasteiger partial charge is 0.301 e. The Labute approximate surface area is 191 Å². The number of benzene rings is 1. The average Bonchev–Trinajstić information content (AvgIpc) is 3.49. The van der Waals surface area contributed by atoms with Crippen LogP contribution in [0, 0.1) is 5.82 Å². The molecule has 1 aromatic carbocycles. The van der Waals surface area contributed by atoms with Crippen LogP contribution in [0.2, 0.25) is 0 Å². The number of nitrogens with zero attached hydrogens (tertiary/aromatic N) is 4. The SMILES string of the molecule is CCN(C)S(=O)(=O)Nc1cccc(C(=O)c2c[nH]c3ncnc(N(C)[C@@H]4CCCO4)c23)c1F. The summed E-state index contributed by atoms with van der Waals surface area (Å²) in [5, 5.41) is 0.441. The van der Waals surface area contributed by atoms with Gasteiger partial charge in [0.1, 0.15) is 24.0 Å². The highest BCUT2D eigenvalue weighted by molar-refractivity contribution is 7.90. The molecule has 10 nitrogen and oxygen atoms in total. The molecule has 1 fully saturated rings. The Balaban J connectivity index is 1.74. The van der Waals surface area contributed by atoms with Gasteiger partial charge in [-0.2, -0.15) is 12.7 Å². The molecule has 0 radical (unpaired) electrons. The summed E-state index contributed by atoms with van der Waals surface area (Å²) in [6, 6.07) is 4.00. The molecule has 3 heterocycles. The van der Waals surface area contributed by atoms with E-state index in [-0.39, 0.29) is 29.6 Å². The first-order chi connectivity index (χ1) is 15.7. The summed E-state index contributed by atoms with van der Waals surface area (Å²) in [6.45, 7) is 2.50. The maximum absolute atomic E-state index is 15.3. The van der Waals surface area contributed by atoms with Gasteiger partial charge < -0.3 is 14.6 Å². The Kier molecular flexibility index (Phi) is 6.32. The number of carbonyl (C=O) groups excluding carboxylic acids is 1. The van der Waals surface area contributed by atoms with Crippen molar-refractivity contribution in [3.05, 3.63) is 47.7 Å². The van der Waals surface area contributed by atoms with E-state index >= 15 is 4.39 Å². The van der Waals surface area contributed by atoms with Crippen molar-refractivity contribution < 1.29 is 22.3 Å². The number of carbonyl (C=O) groups is 1. The topological polar surface area (TPSA) is 121 Å². The summed E-state index contributed by atoms with van der Waals surface area (Å²) < 4.78 is 48.9. The lowest BCUT2D eigenvalue weighted by atomic mass is 10.0. The lowest BCUT2D eigenvalue weighted by Crippen LogP contribution is -2.32. The summed E-state index contributed by atoms with van der Waals surface area (Å²) in [5.74, 6) is -1.10. The first-order valence-corrected chi connectivity index (χ1v) is 11.9. The zero-order valence-corrected chi connectivity index (χ0v) is 19.3. The third kappa shape index (κ3) is 4.28. The van der Waals surface area contributed by atoms with Crippen LogP contribution in [0.25, 0.3) is 11.0 Å². The Morgan fingerprint density at radius 2 is 2.09 bits per heavy atom. The minimum absolute atomic E-state index is 0.176. The number of H-pyrrole nitrogens is 1. The van der Waals surface area contributed by atoms with Gasteiger partial charge in [-0.05, 0) is 25.0 Å². The lowest BCUT2D eigenvalue weighted by Gasteiger charge is -2.25. The van der Waals surface area contributed by atoms with Gasteiger partial charge in [0.05, 0.1) is 22.2 Å². The number of rotatable bonds is 8. The van der Waals surface area contributed by atoms with Gasteiger partial charge >= 0.3 is 10.2 Å². The van der Waals surface area contributed by atoms with Crippen molar-refractivity contribution in [1.82, 2.24) is 19.3 Å². The number of aromatic nitrogens is 3. The van der Waals surface area contributed by atoms with E-state index in [1.165, 1.54) is 37.8 Å². The van der Waals surface area contributed by atoms with E-state index in [1.54, 1.807) is 6.92 Å². The van der Waals surface area contributed by atoms with E-state index in [4.69, 9.17) is 4.74 Å². The molecular formula is C21H25FN6O4S. The van der Waals surface area contributed by atoms with Crippen LogP contribution < -0.4 is 9.62 Å². The van der Waals surface area contributed by atoms with Crippen LogP contribution in [-0.2, 0) is 14.9 Å². The third-order valence-corrected chi connectivity index (χ3v) is 7.26. The summed E-state index contributed by atoms with van der Waals surface area (Å²) >= 11 is 0. The Hall–Kier alpha value is -3.09. The highest BCUT2D eigenvalue weighted by Gasteiger charge is 2.28. The largest absolute Gasteiger partial charge is 0.358 e. The molecule has 0 saturated carbocycles. The number of hydrogen-bond acceptors (Lipinski definition) is 7. The Morgan fingerprint density at radius 1 is 1.30 bits per heavy atom. The number of fused-ring (bicyclic) bond motifs is 1. The van der Waals surface area contributed by atoms with E-state index in [0.29, 0.717) is 23.5 Å². The van der Waals surface area contributed by atoms with E-state index in [2.05, 4.69) is 19.7 Å². The zero-order chi connectivity index (χ0) is 23.8. The van der Waals surface area contributed by atoms with Crippen molar-refractivity contribution in [2.45, 2.75) is 26.0 Å². The standard InChI is InChI=1S/C21H25FN6O4S/c1-4-27(2)33(30,31)26-15-8-5-7-13(18(15)22)19(29)14-11-23-20-17(14)21(25-12-24-20)28(3)16-9-6-10-32-16/h5,7-8,11-12,16,26H,4,6,9-10H2,1-3H3,(H,23,24,25)/t16-/m0/s1. The first-order valence-electron chi connectivity index (χ1n) is 10.5. The predicted octanol–water partition coefficient (Wildman–Crippen LogP) is 2.51. The van der Waals surface area contributed by atoms with Crippen LogP contribution in [0.1, 0.15) is 35.7 Å². The second-order valence-corrected chi connectivity index (χ2v) is 9.50. The fourth-order valence-corrected chi connectivity index (χ4v) is 4.64. The maximum atomic E-state index is 15.3. The molecule has 0 unspecified atom stereocenters. The fourth-order valence-electron chi connectivity index (χ4n) is 3.71. The molecule has 2 N–H and O–H groups in total. The van der Waals surface area contributed by atoms with Crippen LogP contribution in [0.15, 0.2) is 30.7 Å². The molecule has 1 aliphatic rings. The van der Waals surface area contributed by atoms with Crippen molar-refractivity contribution >= 4 is 38.5 Å².